The lowest BCUT2D eigenvalue weighted by Gasteiger charge is -2.46. The van der Waals surface area contributed by atoms with Gasteiger partial charge in [-0.05, 0) is 46.9 Å². The molecule has 2 amide bonds. The number of ether oxygens (including phenoxy) is 2. The summed E-state index contributed by atoms with van der Waals surface area (Å²) in [7, 11) is 5.05. The first-order valence-electron chi connectivity index (χ1n) is 11.5. The lowest BCUT2D eigenvalue weighted by molar-refractivity contribution is -0.134. The predicted molar refractivity (Wildman–Crippen MR) is 129 cm³/mol. The molecule has 2 aliphatic heterocycles. The summed E-state index contributed by atoms with van der Waals surface area (Å²) >= 11 is 0. The van der Waals surface area contributed by atoms with Crippen LogP contribution in [0.4, 0.5) is 0 Å². The van der Waals surface area contributed by atoms with Crippen molar-refractivity contribution in [2.75, 3.05) is 27.8 Å². The van der Waals surface area contributed by atoms with Gasteiger partial charge in [0.1, 0.15) is 0 Å². The fourth-order valence-electron chi connectivity index (χ4n) is 5.29. The van der Waals surface area contributed by atoms with Gasteiger partial charge >= 0.3 is 0 Å². The molecule has 2 heterocycles. The zero-order chi connectivity index (χ0) is 23.8. The van der Waals surface area contributed by atoms with Crippen LogP contribution >= 0.6 is 0 Å². The van der Waals surface area contributed by atoms with Crippen molar-refractivity contribution in [2.45, 2.75) is 24.9 Å². The summed E-state index contributed by atoms with van der Waals surface area (Å²) in [5, 5.41) is 0. The van der Waals surface area contributed by atoms with Crippen LogP contribution in [-0.2, 0) is 17.8 Å². The number of methoxy groups -OCH3 is 2. The van der Waals surface area contributed by atoms with E-state index in [1.807, 2.05) is 78.7 Å². The third-order valence-electron chi connectivity index (χ3n) is 6.93. The zero-order valence-electron chi connectivity index (χ0n) is 19.7. The molecule has 2 atom stereocenters. The Morgan fingerprint density at radius 2 is 1.65 bits per heavy atom. The average molecular weight is 457 g/mol. The highest BCUT2D eigenvalue weighted by Gasteiger charge is 2.47. The Kier molecular flexibility index (Phi) is 5.74. The van der Waals surface area contributed by atoms with Crippen LogP contribution in [0.25, 0.3) is 0 Å². The number of carbonyl (C=O) groups is 2. The van der Waals surface area contributed by atoms with Crippen molar-refractivity contribution in [1.82, 2.24) is 9.80 Å². The van der Waals surface area contributed by atoms with Crippen LogP contribution in [0.15, 0.2) is 66.7 Å². The number of amides is 2. The van der Waals surface area contributed by atoms with Gasteiger partial charge in [0.05, 0.1) is 26.2 Å². The molecule has 3 aromatic carbocycles. The van der Waals surface area contributed by atoms with Gasteiger partial charge in [-0.25, -0.2) is 0 Å². The van der Waals surface area contributed by atoms with Crippen LogP contribution in [0.5, 0.6) is 11.5 Å². The second-order valence-electron chi connectivity index (χ2n) is 8.84. The molecule has 6 nitrogen and oxygen atoms in total. The molecule has 0 saturated heterocycles. The van der Waals surface area contributed by atoms with Gasteiger partial charge in [-0.3, -0.25) is 9.59 Å². The summed E-state index contributed by atoms with van der Waals surface area (Å²) in [5.74, 6) is 0.691. The first-order chi connectivity index (χ1) is 16.5. The quantitative estimate of drug-likeness (QED) is 0.578. The highest BCUT2D eigenvalue weighted by molar-refractivity contribution is 6.01. The molecule has 5 rings (SSSR count). The second-order valence-corrected chi connectivity index (χ2v) is 8.84. The average Bonchev–Trinajstić information content (AvgIpc) is 2.88. The molecule has 0 N–H and O–H groups in total. The van der Waals surface area contributed by atoms with Crippen molar-refractivity contribution >= 4 is 11.8 Å². The molecular weight excluding hydrogens is 428 g/mol. The minimum absolute atomic E-state index is 0.0126. The first kappa shape index (κ1) is 22.0. The van der Waals surface area contributed by atoms with E-state index in [0.29, 0.717) is 36.6 Å². The number of nitrogens with zero attached hydrogens (tertiary/aromatic N) is 2. The molecule has 0 spiro atoms. The smallest absolute Gasteiger partial charge is 0.254 e. The highest BCUT2D eigenvalue weighted by atomic mass is 16.5. The van der Waals surface area contributed by atoms with Gasteiger partial charge in [-0.2, -0.15) is 0 Å². The molecule has 2 unspecified atom stereocenters. The van der Waals surface area contributed by atoms with Crippen LogP contribution in [0.2, 0.25) is 0 Å². The third kappa shape index (κ3) is 3.59. The van der Waals surface area contributed by atoms with E-state index in [0.717, 1.165) is 22.3 Å². The number of rotatable bonds is 5. The molecule has 0 aliphatic carbocycles. The topological polar surface area (TPSA) is 59.1 Å². The van der Waals surface area contributed by atoms with Gasteiger partial charge in [0.2, 0.25) is 5.91 Å². The largest absolute Gasteiger partial charge is 0.493 e. The Balaban J connectivity index is 1.63. The fourth-order valence-corrected chi connectivity index (χ4v) is 5.29. The molecule has 3 aromatic rings. The molecule has 0 saturated carbocycles. The van der Waals surface area contributed by atoms with Crippen LogP contribution in [0, 0.1) is 0 Å². The first-order valence-corrected chi connectivity index (χ1v) is 11.5. The molecular formula is C28H28N2O4. The third-order valence-corrected chi connectivity index (χ3v) is 6.93. The highest BCUT2D eigenvalue weighted by Crippen LogP contribution is 2.48. The molecule has 2 aliphatic rings. The molecule has 34 heavy (non-hydrogen) atoms. The van der Waals surface area contributed by atoms with Crippen LogP contribution in [0.3, 0.4) is 0 Å². The van der Waals surface area contributed by atoms with Crippen LogP contribution in [0.1, 0.15) is 44.6 Å². The molecule has 0 fully saturated rings. The van der Waals surface area contributed by atoms with Crippen molar-refractivity contribution in [1.29, 1.82) is 0 Å². The van der Waals surface area contributed by atoms with Gasteiger partial charge in [-0.15, -0.1) is 0 Å². The van der Waals surface area contributed by atoms with Gasteiger partial charge in [-0.1, -0.05) is 48.5 Å². The van der Waals surface area contributed by atoms with Crippen LogP contribution < -0.4 is 9.47 Å². The monoisotopic (exact) mass is 456 g/mol. The minimum atomic E-state index is -0.514. The summed E-state index contributed by atoms with van der Waals surface area (Å²) in [4.78, 5) is 31.2. The van der Waals surface area contributed by atoms with E-state index in [4.69, 9.17) is 9.47 Å². The zero-order valence-corrected chi connectivity index (χ0v) is 19.7. The molecule has 0 aromatic heterocycles. The van der Waals surface area contributed by atoms with Gasteiger partial charge in [0, 0.05) is 25.7 Å². The van der Waals surface area contributed by atoms with Crippen molar-refractivity contribution in [3.8, 4) is 11.5 Å². The summed E-state index contributed by atoms with van der Waals surface area (Å²) in [6, 6.07) is 21.0. The number of benzene rings is 3. The van der Waals surface area contributed by atoms with Crippen LogP contribution in [-0.4, -0.2) is 49.4 Å². The van der Waals surface area contributed by atoms with E-state index in [1.54, 1.807) is 19.1 Å². The lowest BCUT2D eigenvalue weighted by atomic mass is 9.75. The van der Waals surface area contributed by atoms with Crippen molar-refractivity contribution < 1.29 is 19.1 Å². The number of carbonyl (C=O) groups excluding carboxylic acids is 2. The number of hydrogen-bond acceptors (Lipinski definition) is 4. The van der Waals surface area contributed by atoms with Crippen molar-refractivity contribution in [2.24, 2.45) is 0 Å². The Hall–Kier alpha value is -3.80. The van der Waals surface area contributed by atoms with E-state index in [1.165, 1.54) is 0 Å². The Morgan fingerprint density at radius 1 is 0.971 bits per heavy atom. The Labute approximate surface area is 199 Å². The normalized spacial score (nSPS) is 18.4. The molecule has 174 valence electrons. The molecule has 0 bridgehead atoms. The van der Waals surface area contributed by atoms with E-state index in [2.05, 4.69) is 0 Å². The summed E-state index contributed by atoms with van der Waals surface area (Å²) in [5.41, 5.74) is 4.47. The molecule has 6 heteroatoms. The maximum Gasteiger partial charge on any atom is 0.254 e. The van der Waals surface area contributed by atoms with Gasteiger partial charge in [0.15, 0.2) is 11.5 Å². The number of fused-ring (bicyclic) bond motifs is 4. The molecule has 0 radical (unpaired) electrons. The summed E-state index contributed by atoms with van der Waals surface area (Å²) in [6.07, 6.45) is 0.695. The number of likely N-dealkylation sites (N-methyl/N-ethyl adjacent to an activating group) is 1. The van der Waals surface area contributed by atoms with Gasteiger partial charge in [0.25, 0.3) is 5.91 Å². The SMILES string of the molecule is COc1cc2c(cc1OC)C1C(C(=O)N(C)Cc3ccccc3)c3ccccc3C(=O)N1CC2. The Bertz CT molecular complexity index is 1240. The van der Waals surface area contributed by atoms with E-state index in [9.17, 15) is 9.59 Å². The van der Waals surface area contributed by atoms with Crippen molar-refractivity contribution in [3.05, 3.63) is 94.5 Å². The van der Waals surface area contributed by atoms with E-state index in [-0.39, 0.29) is 11.8 Å². The lowest BCUT2D eigenvalue weighted by Crippen LogP contribution is -2.50. The Morgan fingerprint density at radius 3 is 2.38 bits per heavy atom. The minimum Gasteiger partial charge on any atom is -0.493 e. The predicted octanol–water partition coefficient (Wildman–Crippen LogP) is 4.20. The van der Waals surface area contributed by atoms with E-state index < -0.39 is 12.0 Å². The number of hydrogen-bond donors (Lipinski definition) is 0. The summed E-state index contributed by atoms with van der Waals surface area (Å²) in [6.45, 7) is 1.05. The summed E-state index contributed by atoms with van der Waals surface area (Å²) < 4.78 is 11.1. The second kappa shape index (κ2) is 8.86. The van der Waals surface area contributed by atoms with Gasteiger partial charge < -0.3 is 19.3 Å². The maximum absolute atomic E-state index is 14.0. The fraction of sp³-hybridized carbons (Fsp3) is 0.286. The maximum atomic E-state index is 14.0. The standard InChI is InChI=1S/C28H28N2O4/c1-29(17-18-9-5-4-6-10-18)28(32)25-20-11-7-8-12-21(20)27(31)30-14-13-19-15-23(33-2)24(34-3)16-22(19)26(25)30/h4-12,15-16,25-26H,13-14,17H2,1-3H3. The van der Waals surface area contributed by atoms with E-state index >= 15 is 0 Å². The van der Waals surface area contributed by atoms with Crippen molar-refractivity contribution in [3.63, 3.8) is 0 Å².